The van der Waals surface area contributed by atoms with E-state index in [1.165, 1.54) is 17.0 Å². The SMILES string of the molecule is CCn1c(=O)[nH]/c(=N\c2ccc(O/C(C)=C/N=C\C=N)cc2)n(Cc2ccc(Cl)cc2)c1=O. The van der Waals surface area contributed by atoms with Crippen molar-refractivity contribution in [1.29, 1.82) is 5.41 Å². The molecule has 0 saturated carbocycles. The number of halogens is 1. The standard InChI is InChI=1S/C23H23ClN6O3/c1-3-29-22(31)28-21(30(23(29)32)15-17-4-6-18(24)7-5-17)27-19-8-10-20(11-9-19)33-16(2)14-26-13-12-25/h4-14,25H,3,15H2,1-2H3,(H,27,28,31)/b16-14+,25-12?,26-13-. The summed E-state index contributed by atoms with van der Waals surface area (Å²) in [5, 5.41) is 7.51. The summed E-state index contributed by atoms with van der Waals surface area (Å²) in [6.45, 7) is 3.92. The zero-order chi connectivity index (χ0) is 23.8. The van der Waals surface area contributed by atoms with E-state index in [1.807, 2.05) is 12.1 Å². The number of nitrogens with zero attached hydrogens (tertiary/aromatic N) is 4. The Morgan fingerprint density at radius 1 is 1.12 bits per heavy atom. The summed E-state index contributed by atoms with van der Waals surface area (Å²) in [6.07, 6.45) is 3.90. The number of ether oxygens (including phenoxy) is 1. The van der Waals surface area contributed by atoms with Gasteiger partial charge in [0.15, 0.2) is 0 Å². The van der Waals surface area contributed by atoms with Crippen molar-refractivity contribution < 1.29 is 4.74 Å². The number of nitrogens with one attached hydrogen (secondary N) is 2. The highest BCUT2D eigenvalue weighted by Crippen LogP contribution is 2.19. The average Bonchev–Trinajstić information content (AvgIpc) is 2.79. The lowest BCUT2D eigenvalue weighted by Crippen LogP contribution is -2.49. The van der Waals surface area contributed by atoms with Crippen LogP contribution in [-0.2, 0) is 13.1 Å². The lowest BCUT2D eigenvalue weighted by Gasteiger charge is -2.10. The highest BCUT2D eigenvalue weighted by atomic mass is 35.5. The molecule has 0 aliphatic carbocycles. The summed E-state index contributed by atoms with van der Waals surface area (Å²) in [4.78, 5) is 36.4. The number of rotatable bonds is 8. The number of allylic oxidation sites excluding steroid dienone is 1. The Balaban J connectivity index is 1.98. The van der Waals surface area contributed by atoms with Gasteiger partial charge in [-0.05, 0) is 55.8 Å². The van der Waals surface area contributed by atoms with E-state index >= 15 is 0 Å². The third-order valence-corrected chi connectivity index (χ3v) is 4.77. The van der Waals surface area contributed by atoms with Crippen LogP contribution in [0.2, 0.25) is 5.02 Å². The molecule has 0 amide bonds. The van der Waals surface area contributed by atoms with Gasteiger partial charge in [-0.3, -0.25) is 14.5 Å². The molecule has 0 fully saturated rings. The largest absolute Gasteiger partial charge is 0.460 e. The molecule has 0 saturated heterocycles. The minimum Gasteiger partial charge on any atom is -0.460 e. The van der Waals surface area contributed by atoms with Gasteiger partial charge in [-0.15, -0.1) is 0 Å². The van der Waals surface area contributed by atoms with E-state index in [9.17, 15) is 9.59 Å². The maximum Gasteiger partial charge on any atom is 0.335 e. The van der Waals surface area contributed by atoms with Crippen LogP contribution in [0.25, 0.3) is 0 Å². The molecule has 1 aromatic heterocycles. The molecule has 10 heteroatoms. The van der Waals surface area contributed by atoms with Crippen molar-refractivity contribution in [3.05, 3.63) is 97.7 Å². The van der Waals surface area contributed by atoms with Crippen molar-refractivity contribution in [3.8, 4) is 5.75 Å². The quantitative estimate of drug-likeness (QED) is 0.392. The summed E-state index contributed by atoms with van der Waals surface area (Å²) >= 11 is 5.96. The zero-order valence-electron chi connectivity index (χ0n) is 18.2. The molecule has 2 aromatic carbocycles. The first-order chi connectivity index (χ1) is 15.9. The molecule has 0 spiro atoms. The minimum absolute atomic E-state index is 0.135. The minimum atomic E-state index is -0.528. The third kappa shape index (κ3) is 6.27. The smallest absolute Gasteiger partial charge is 0.335 e. The van der Waals surface area contributed by atoms with Crippen molar-refractivity contribution in [2.45, 2.75) is 26.9 Å². The van der Waals surface area contributed by atoms with Gasteiger partial charge in [-0.25, -0.2) is 19.1 Å². The molecule has 170 valence electrons. The van der Waals surface area contributed by atoms with Crippen LogP contribution in [-0.4, -0.2) is 26.5 Å². The third-order valence-electron chi connectivity index (χ3n) is 4.52. The van der Waals surface area contributed by atoms with Crippen LogP contribution >= 0.6 is 11.6 Å². The van der Waals surface area contributed by atoms with Gasteiger partial charge in [0, 0.05) is 24.0 Å². The number of aromatic nitrogens is 3. The van der Waals surface area contributed by atoms with Gasteiger partial charge in [0.1, 0.15) is 11.5 Å². The molecule has 3 aromatic rings. The molecule has 2 N–H and O–H groups in total. The molecule has 0 unspecified atom stereocenters. The number of aromatic amines is 1. The monoisotopic (exact) mass is 466 g/mol. The second-order valence-corrected chi connectivity index (χ2v) is 7.34. The van der Waals surface area contributed by atoms with Crippen molar-refractivity contribution in [2.75, 3.05) is 0 Å². The first-order valence-electron chi connectivity index (χ1n) is 10.1. The second kappa shape index (κ2) is 11.1. The normalized spacial score (nSPS) is 12.3. The number of H-pyrrole nitrogens is 1. The van der Waals surface area contributed by atoms with Crippen LogP contribution in [0, 0.1) is 5.41 Å². The number of hydrogen-bond acceptors (Lipinski definition) is 6. The van der Waals surface area contributed by atoms with E-state index in [1.54, 1.807) is 50.2 Å². The van der Waals surface area contributed by atoms with E-state index in [2.05, 4.69) is 15.0 Å². The first-order valence-corrected chi connectivity index (χ1v) is 10.5. The molecular weight excluding hydrogens is 444 g/mol. The lowest BCUT2D eigenvalue weighted by molar-refractivity contribution is 0.426. The number of hydrogen-bond donors (Lipinski definition) is 2. The molecule has 0 aliphatic rings. The zero-order valence-corrected chi connectivity index (χ0v) is 18.9. The molecule has 33 heavy (non-hydrogen) atoms. The van der Waals surface area contributed by atoms with E-state index in [0.29, 0.717) is 22.2 Å². The number of aliphatic imine (C=N–C) groups is 1. The molecule has 0 bridgehead atoms. The Labute approximate surface area is 194 Å². The Morgan fingerprint density at radius 2 is 1.82 bits per heavy atom. The van der Waals surface area contributed by atoms with E-state index in [0.717, 1.165) is 16.3 Å². The summed E-state index contributed by atoms with van der Waals surface area (Å²) in [5.74, 6) is 1.11. The van der Waals surface area contributed by atoms with Crippen molar-refractivity contribution in [3.63, 3.8) is 0 Å². The maximum atomic E-state index is 13.0. The van der Waals surface area contributed by atoms with Crippen LogP contribution < -0.4 is 21.7 Å². The van der Waals surface area contributed by atoms with Gasteiger partial charge in [-0.1, -0.05) is 23.7 Å². The van der Waals surface area contributed by atoms with Crippen LogP contribution in [0.4, 0.5) is 5.69 Å². The maximum absolute atomic E-state index is 13.0. The van der Waals surface area contributed by atoms with Crippen LogP contribution in [0.3, 0.4) is 0 Å². The fourth-order valence-electron chi connectivity index (χ4n) is 2.95. The van der Waals surface area contributed by atoms with E-state index in [-0.39, 0.29) is 18.7 Å². The fourth-order valence-corrected chi connectivity index (χ4v) is 3.08. The topological polar surface area (TPSA) is 118 Å². The molecular formula is C23H23ClN6O3. The Bertz CT molecular complexity index is 1360. The van der Waals surface area contributed by atoms with Gasteiger partial charge < -0.3 is 10.1 Å². The Morgan fingerprint density at radius 3 is 2.45 bits per heavy atom. The Kier molecular flexibility index (Phi) is 7.93. The summed E-state index contributed by atoms with van der Waals surface area (Å²) in [6, 6.07) is 14.0. The van der Waals surface area contributed by atoms with Crippen molar-refractivity contribution >= 4 is 29.7 Å². The predicted molar refractivity (Wildman–Crippen MR) is 129 cm³/mol. The molecule has 0 aliphatic heterocycles. The highest BCUT2D eigenvalue weighted by Gasteiger charge is 2.09. The van der Waals surface area contributed by atoms with Crippen LogP contribution in [0.1, 0.15) is 19.4 Å². The van der Waals surface area contributed by atoms with Crippen molar-refractivity contribution in [2.24, 2.45) is 9.98 Å². The molecule has 9 nitrogen and oxygen atoms in total. The lowest BCUT2D eigenvalue weighted by atomic mass is 10.2. The van der Waals surface area contributed by atoms with Gasteiger partial charge in [0.25, 0.3) is 0 Å². The Hall–Kier alpha value is -3.98. The van der Waals surface area contributed by atoms with Crippen molar-refractivity contribution in [1.82, 2.24) is 14.1 Å². The summed E-state index contributed by atoms with van der Waals surface area (Å²) < 4.78 is 8.17. The second-order valence-electron chi connectivity index (χ2n) is 6.91. The van der Waals surface area contributed by atoms with Crippen LogP contribution in [0.15, 0.2) is 80.1 Å². The predicted octanol–water partition coefficient (Wildman–Crippen LogP) is 3.25. The molecule has 0 radical (unpaired) electrons. The summed E-state index contributed by atoms with van der Waals surface area (Å²) in [7, 11) is 0. The van der Waals surface area contributed by atoms with Gasteiger partial charge in [0.05, 0.1) is 18.4 Å². The van der Waals surface area contributed by atoms with E-state index < -0.39 is 11.4 Å². The average molecular weight is 467 g/mol. The molecule has 3 rings (SSSR count). The first kappa shape index (κ1) is 23.7. The van der Waals surface area contributed by atoms with Gasteiger partial charge >= 0.3 is 11.4 Å². The number of benzene rings is 2. The van der Waals surface area contributed by atoms with Crippen LogP contribution in [0.5, 0.6) is 5.75 Å². The van der Waals surface area contributed by atoms with Gasteiger partial charge in [-0.2, -0.15) is 0 Å². The van der Waals surface area contributed by atoms with Gasteiger partial charge in [0.2, 0.25) is 5.62 Å². The summed E-state index contributed by atoms with van der Waals surface area (Å²) in [5.41, 5.74) is 0.514. The van der Waals surface area contributed by atoms with E-state index in [4.69, 9.17) is 21.7 Å². The molecule has 0 atom stereocenters. The fraction of sp³-hybridized carbons (Fsp3) is 0.174. The highest BCUT2D eigenvalue weighted by molar-refractivity contribution is 6.30. The molecule has 1 heterocycles.